The maximum Gasteiger partial charge on any atom is 0.0847 e. The van der Waals surface area contributed by atoms with Crippen LogP contribution in [0.1, 0.15) is 24.7 Å². The molecule has 1 N–H and O–H groups in total. The number of ether oxygens (including phenoxy) is 1. The summed E-state index contributed by atoms with van der Waals surface area (Å²) in [5.74, 6) is 0.552. The molecule has 1 aliphatic heterocycles. The summed E-state index contributed by atoms with van der Waals surface area (Å²) < 4.78 is 7.55. The molecule has 2 heterocycles. The smallest absolute Gasteiger partial charge is 0.0847 e. The highest BCUT2D eigenvalue weighted by atomic mass is 35.5. The van der Waals surface area contributed by atoms with Crippen molar-refractivity contribution in [3.05, 3.63) is 16.4 Å². The fourth-order valence-corrected chi connectivity index (χ4v) is 2.98. The maximum atomic E-state index is 6.31. The zero-order valence-corrected chi connectivity index (χ0v) is 12.3. The van der Waals surface area contributed by atoms with Crippen LogP contribution in [0.5, 0.6) is 0 Å². The number of nitrogens with one attached hydrogen (secondary N) is 1. The lowest BCUT2D eigenvalue weighted by Gasteiger charge is -2.22. The molecule has 2 rings (SSSR count). The Bertz CT molecular complexity index is 419. The monoisotopic (exact) mass is 271 g/mol. The van der Waals surface area contributed by atoms with Crippen molar-refractivity contribution in [2.75, 3.05) is 13.7 Å². The van der Waals surface area contributed by atoms with Gasteiger partial charge in [0, 0.05) is 25.4 Å². The van der Waals surface area contributed by atoms with Crippen LogP contribution in [0.15, 0.2) is 0 Å². The van der Waals surface area contributed by atoms with Crippen molar-refractivity contribution in [1.29, 1.82) is 0 Å². The number of hydrogen-bond donors (Lipinski definition) is 1. The Hall–Kier alpha value is -0.580. The van der Waals surface area contributed by atoms with Gasteiger partial charge < -0.3 is 10.1 Å². The maximum absolute atomic E-state index is 6.31. The molecule has 0 bridgehead atoms. The second-order valence-electron chi connectivity index (χ2n) is 5.21. The van der Waals surface area contributed by atoms with Crippen LogP contribution in [0.2, 0.25) is 5.02 Å². The molecule has 3 atom stereocenters. The van der Waals surface area contributed by atoms with Crippen molar-refractivity contribution in [3.63, 3.8) is 0 Å². The number of hydrogen-bond acceptors (Lipinski definition) is 3. The zero-order chi connectivity index (χ0) is 13.3. The second-order valence-corrected chi connectivity index (χ2v) is 5.59. The van der Waals surface area contributed by atoms with E-state index in [4.69, 9.17) is 16.3 Å². The normalized spacial score (nSPS) is 25.6. The molecule has 1 saturated heterocycles. The first-order valence-electron chi connectivity index (χ1n) is 6.49. The molecule has 1 aliphatic rings. The third kappa shape index (κ3) is 2.71. The van der Waals surface area contributed by atoms with Crippen LogP contribution >= 0.6 is 11.6 Å². The van der Waals surface area contributed by atoms with Gasteiger partial charge in [0.1, 0.15) is 0 Å². The van der Waals surface area contributed by atoms with Crippen LogP contribution in [0.4, 0.5) is 0 Å². The SMILES string of the molecule is CNC(Cc1c(Cl)c(C)nn1C)C1COC(C)C1. The van der Waals surface area contributed by atoms with Crippen LogP contribution in [0.25, 0.3) is 0 Å². The molecule has 0 spiro atoms. The number of nitrogens with zero attached hydrogens (tertiary/aromatic N) is 2. The lowest BCUT2D eigenvalue weighted by atomic mass is 9.93. The van der Waals surface area contributed by atoms with E-state index in [2.05, 4.69) is 17.3 Å². The minimum Gasteiger partial charge on any atom is -0.378 e. The lowest BCUT2D eigenvalue weighted by molar-refractivity contribution is 0.117. The fraction of sp³-hybridized carbons (Fsp3) is 0.769. The first-order valence-corrected chi connectivity index (χ1v) is 6.87. The molecule has 1 aromatic heterocycles. The first kappa shape index (κ1) is 13.8. The van der Waals surface area contributed by atoms with E-state index in [1.807, 2.05) is 25.7 Å². The predicted octanol–water partition coefficient (Wildman–Crippen LogP) is 1.94. The molecule has 0 aromatic carbocycles. The van der Waals surface area contributed by atoms with Gasteiger partial charge in [0.25, 0.3) is 0 Å². The molecule has 0 saturated carbocycles. The summed E-state index contributed by atoms with van der Waals surface area (Å²) >= 11 is 6.31. The molecule has 0 radical (unpaired) electrons. The molecule has 102 valence electrons. The Morgan fingerprint density at radius 3 is 2.78 bits per heavy atom. The molecule has 4 nitrogen and oxygen atoms in total. The standard InChI is InChI=1S/C13H22ClN3O/c1-8-5-10(7-18-8)11(15-3)6-12-13(14)9(2)16-17(12)4/h8,10-11,15H,5-7H2,1-4H3. The van der Waals surface area contributed by atoms with Crippen LogP contribution in [-0.4, -0.2) is 35.6 Å². The van der Waals surface area contributed by atoms with Crippen molar-refractivity contribution >= 4 is 11.6 Å². The van der Waals surface area contributed by atoms with Crippen molar-refractivity contribution in [1.82, 2.24) is 15.1 Å². The summed E-state index contributed by atoms with van der Waals surface area (Å²) in [5, 5.41) is 8.56. The molecule has 1 fully saturated rings. The van der Waals surface area contributed by atoms with Gasteiger partial charge in [-0.05, 0) is 27.3 Å². The van der Waals surface area contributed by atoms with E-state index >= 15 is 0 Å². The van der Waals surface area contributed by atoms with Crippen LogP contribution in [-0.2, 0) is 18.2 Å². The molecule has 0 aliphatic carbocycles. The largest absolute Gasteiger partial charge is 0.378 e. The van der Waals surface area contributed by atoms with Crippen LogP contribution in [0, 0.1) is 12.8 Å². The van der Waals surface area contributed by atoms with Crippen molar-refractivity contribution in [3.8, 4) is 0 Å². The number of aryl methyl sites for hydroxylation is 2. The summed E-state index contributed by atoms with van der Waals surface area (Å²) in [6, 6.07) is 0.391. The third-order valence-electron chi connectivity index (χ3n) is 3.84. The van der Waals surface area contributed by atoms with Crippen molar-refractivity contribution in [2.24, 2.45) is 13.0 Å². The Balaban J connectivity index is 2.10. The first-order chi connectivity index (χ1) is 8.52. The number of halogens is 1. The zero-order valence-electron chi connectivity index (χ0n) is 11.5. The summed E-state index contributed by atoms with van der Waals surface area (Å²) in [7, 11) is 3.96. The molecule has 0 amide bonds. The van der Waals surface area contributed by atoms with E-state index in [1.54, 1.807) is 0 Å². The van der Waals surface area contributed by atoms with Crippen molar-refractivity contribution < 1.29 is 4.74 Å². The average Bonchev–Trinajstić information content (AvgIpc) is 2.84. The quantitative estimate of drug-likeness (QED) is 0.910. The van der Waals surface area contributed by atoms with Gasteiger partial charge in [0.2, 0.25) is 0 Å². The third-order valence-corrected chi connectivity index (χ3v) is 4.34. The topological polar surface area (TPSA) is 39.1 Å². The second kappa shape index (κ2) is 5.59. The van der Waals surface area contributed by atoms with Gasteiger partial charge in [0.15, 0.2) is 0 Å². The van der Waals surface area contributed by atoms with E-state index in [0.29, 0.717) is 18.1 Å². The summed E-state index contributed by atoms with van der Waals surface area (Å²) in [6.07, 6.45) is 2.38. The van der Waals surface area contributed by atoms with E-state index in [9.17, 15) is 0 Å². The van der Waals surface area contributed by atoms with Crippen LogP contribution in [0.3, 0.4) is 0 Å². The Morgan fingerprint density at radius 2 is 2.33 bits per heavy atom. The van der Waals surface area contributed by atoms with E-state index in [-0.39, 0.29) is 0 Å². The lowest BCUT2D eigenvalue weighted by Crippen LogP contribution is -2.36. The molecule has 18 heavy (non-hydrogen) atoms. The van der Waals surface area contributed by atoms with Gasteiger partial charge in [-0.25, -0.2) is 0 Å². The predicted molar refractivity (Wildman–Crippen MR) is 73.0 cm³/mol. The summed E-state index contributed by atoms with van der Waals surface area (Å²) in [5.41, 5.74) is 2.01. The highest BCUT2D eigenvalue weighted by Crippen LogP contribution is 2.27. The van der Waals surface area contributed by atoms with Gasteiger partial charge in [-0.3, -0.25) is 4.68 Å². The average molecular weight is 272 g/mol. The summed E-state index contributed by atoms with van der Waals surface area (Å²) in [4.78, 5) is 0. The van der Waals surface area contributed by atoms with E-state index < -0.39 is 0 Å². The van der Waals surface area contributed by atoms with Gasteiger partial charge in [-0.2, -0.15) is 5.10 Å². The molecule has 1 aromatic rings. The van der Waals surface area contributed by atoms with Gasteiger partial charge in [-0.1, -0.05) is 11.6 Å². The Morgan fingerprint density at radius 1 is 1.61 bits per heavy atom. The molecular weight excluding hydrogens is 250 g/mol. The Kier molecular flexibility index (Phi) is 4.30. The fourth-order valence-electron chi connectivity index (χ4n) is 2.75. The number of likely N-dealkylation sites (N-methyl/N-ethyl adjacent to an activating group) is 1. The molecule has 5 heteroatoms. The highest BCUT2D eigenvalue weighted by Gasteiger charge is 2.30. The van der Waals surface area contributed by atoms with Gasteiger partial charge >= 0.3 is 0 Å². The van der Waals surface area contributed by atoms with Crippen LogP contribution < -0.4 is 5.32 Å². The van der Waals surface area contributed by atoms with E-state index in [1.165, 1.54) is 0 Å². The number of rotatable bonds is 4. The summed E-state index contributed by atoms with van der Waals surface area (Å²) in [6.45, 7) is 4.91. The highest BCUT2D eigenvalue weighted by molar-refractivity contribution is 6.31. The number of aromatic nitrogens is 2. The van der Waals surface area contributed by atoms with E-state index in [0.717, 1.165) is 35.9 Å². The molecule has 3 unspecified atom stereocenters. The van der Waals surface area contributed by atoms with Crippen molar-refractivity contribution in [2.45, 2.75) is 38.8 Å². The molecular formula is C13H22ClN3O. The Labute approximate surface area is 114 Å². The minimum atomic E-state index is 0.370. The minimum absolute atomic E-state index is 0.370. The van der Waals surface area contributed by atoms with Gasteiger partial charge in [0.05, 0.1) is 29.1 Å². The van der Waals surface area contributed by atoms with Gasteiger partial charge in [-0.15, -0.1) is 0 Å².